The van der Waals surface area contributed by atoms with Crippen LogP contribution in [0.4, 0.5) is 9.93 Å². The SMILES string of the molecule is CCC[C@@H](NC(=O)Nc1nc(CC)c(C)s1)C(=O)O. The third-order valence-electron chi connectivity index (χ3n) is 2.63. The number of nitrogens with zero attached hydrogens (tertiary/aromatic N) is 1. The summed E-state index contributed by atoms with van der Waals surface area (Å²) in [6, 6.07) is -1.39. The van der Waals surface area contributed by atoms with Gasteiger partial charge in [-0.3, -0.25) is 5.32 Å². The molecule has 7 heteroatoms. The Labute approximate surface area is 116 Å². The Bertz CT molecular complexity index is 459. The van der Waals surface area contributed by atoms with E-state index in [9.17, 15) is 9.59 Å². The van der Waals surface area contributed by atoms with Gasteiger partial charge >= 0.3 is 12.0 Å². The molecular weight excluding hydrogens is 266 g/mol. The molecule has 0 aliphatic carbocycles. The van der Waals surface area contributed by atoms with Crippen LogP contribution in [0.3, 0.4) is 0 Å². The van der Waals surface area contributed by atoms with Gasteiger partial charge in [0.15, 0.2) is 5.13 Å². The van der Waals surface area contributed by atoms with E-state index in [4.69, 9.17) is 5.11 Å². The first-order chi connectivity index (χ1) is 8.97. The Kier molecular flexibility index (Phi) is 5.75. The van der Waals surface area contributed by atoms with Crippen molar-refractivity contribution in [3.05, 3.63) is 10.6 Å². The second kappa shape index (κ2) is 7.08. The van der Waals surface area contributed by atoms with Gasteiger partial charge in [-0.25, -0.2) is 14.6 Å². The molecule has 0 aromatic carbocycles. The monoisotopic (exact) mass is 285 g/mol. The van der Waals surface area contributed by atoms with E-state index in [1.54, 1.807) is 0 Å². The number of urea groups is 1. The van der Waals surface area contributed by atoms with Gasteiger partial charge in [-0.15, -0.1) is 11.3 Å². The van der Waals surface area contributed by atoms with Crippen molar-refractivity contribution < 1.29 is 14.7 Å². The number of carbonyl (C=O) groups excluding carboxylic acids is 1. The van der Waals surface area contributed by atoms with E-state index in [1.165, 1.54) is 11.3 Å². The summed E-state index contributed by atoms with van der Waals surface area (Å²) in [7, 11) is 0. The maximum Gasteiger partial charge on any atom is 0.326 e. The number of hydrogen-bond acceptors (Lipinski definition) is 4. The number of carbonyl (C=O) groups is 2. The van der Waals surface area contributed by atoms with Crippen molar-refractivity contribution in [2.75, 3.05) is 5.32 Å². The third-order valence-corrected chi connectivity index (χ3v) is 3.56. The van der Waals surface area contributed by atoms with Gasteiger partial charge in [0, 0.05) is 4.88 Å². The topological polar surface area (TPSA) is 91.3 Å². The minimum atomic E-state index is -1.03. The zero-order chi connectivity index (χ0) is 14.4. The van der Waals surface area contributed by atoms with Gasteiger partial charge < -0.3 is 10.4 Å². The number of hydrogen-bond donors (Lipinski definition) is 3. The smallest absolute Gasteiger partial charge is 0.326 e. The van der Waals surface area contributed by atoms with Gasteiger partial charge in [-0.2, -0.15) is 0 Å². The molecule has 0 spiro atoms. The third kappa shape index (κ3) is 4.51. The standard InChI is InChI=1S/C12H19N3O3S/c1-4-6-9(10(16)17)13-11(18)15-12-14-8(5-2)7(3)19-12/h9H,4-6H2,1-3H3,(H,16,17)(H2,13,14,15,18)/t9-/m1/s1. The lowest BCUT2D eigenvalue weighted by Crippen LogP contribution is -2.42. The number of carboxylic acid groups (broad SMARTS) is 1. The first-order valence-electron chi connectivity index (χ1n) is 6.24. The fraction of sp³-hybridized carbons (Fsp3) is 0.583. The lowest BCUT2D eigenvalue weighted by molar-refractivity contribution is -0.139. The maximum atomic E-state index is 11.7. The molecular formula is C12H19N3O3S. The van der Waals surface area contributed by atoms with Crippen LogP contribution in [-0.4, -0.2) is 28.1 Å². The molecule has 0 saturated carbocycles. The Hall–Kier alpha value is -1.63. The highest BCUT2D eigenvalue weighted by molar-refractivity contribution is 7.15. The lowest BCUT2D eigenvalue weighted by Gasteiger charge is -2.13. The summed E-state index contributed by atoms with van der Waals surface area (Å²) in [6.07, 6.45) is 1.90. The van der Waals surface area contributed by atoms with Crippen molar-refractivity contribution in [3.63, 3.8) is 0 Å². The molecule has 19 heavy (non-hydrogen) atoms. The molecule has 0 aliphatic heterocycles. The van der Waals surface area contributed by atoms with E-state index in [0.717, 1.165) is 17.0 Å². The number of thiazole rings is 1. The Morgan fingerprint density at radius 2 is 2.11 bits per heavy atom. The molecule has 6 nitrogen and oxygen atoms in total. The summed E-state index contributed by atoms with van der Waals surface area (Å²) in [5.74, 6) is -1.03. The molecule has 0 saturated heterocycles. The molecule has 106 valence electrons. The van der Waals surface area contributed by atoms with E-state index in [-0.39, 0.29) is 0 Å². The highest BCUT2D eigenvalue weighted by Gasteiger charge is 2.19. The van der Waals surface area contributed by atoms with Crippen LogP contribution in [0, 0.1) is 6.92 Å². The van der Waals surface area contributed by atoms with Crippen LogP contribution < -0.4 is 10.6 Å². The fourth-order valence-corrected chi connectivity index (χ4v) is 2.54. The van der Waals surface area contributed by atoms with Crippen molar-refractivity contribution in [3.8, 4) is 0 Å². The number of nitrogens with one attached hydrogen (secondary N) is 2. The highest BCUT2D eigenvalue weighted by Crippen LogP contribution is 2.22. The summed E-state index contributed by atoms with van der Waals surface area (Å²) >= 11 is 1.39. The molecule has 2 amide bonds. The first kappa shape index (κ1) is 15.4. The molecule has 1 heterocycles. The second-order valence-corrected chi connectivity index (χ2v) is 5.36. The van der Waals surface area contributed by atoms with E-state index in [2.05, 4.69) is 15.6 Å². The van der Waals surface area contributed by atoms with Gasteiger partial charge in [0.2, 0.25) is 0 Å². The van der Waals surface area contributed by atoms with Crippen molar-refractivity contribution in [1.29, 1.82) is 0 Å². The second-order valence-electron chi connectivity index (χ2n) is 4.15. The molecule has 1 rings (SSSR count). The molecule has 0 aliphatic rings. The van der Waals surface area contributed by atoms with Crippen LogP contribution in [0.15, 0.2) is 0 Å². The molecule has 0 fully saturated rings. The molecule has 0 bridgehead atoms. The van der Waals surface area contributed by atoms with Gasteiger partial charge in [0.1, 0.15) is 6.04 Å². The largest absolute Gasteiger partial charge is 0.480 e. The van der Waals surface area contributed by atoms with Crippen LogP contribution in [0.2, 0.25) is 0 Å². The van der Waals surface area contributed by atoms with E-state index < -0.39 is 18.0 Å². The van der Waals surface area contributed by atoms with Crippen molar-refractivity contribution in [1.82, 2.24) is 10.3 Å². The number of aryl methyl sites for hydroxylation is 2. The van der Waals surface area contributed by atoms with Gasteiger partial charge in [-0.05, 0) is 19.8 Å². The zero-order valence-electron chi connectivity index (χ0n) is 11.3. The predicted octanol–water partition coefficient (Wildman–Crippen LogP) is 2.39. The molecule has 0 unspecified atom stereocenters. The summed E-state index contributed by atoms with van der Waals surface area (Å²) in [5, 5.41) is 14.4. The number of aromatic nitrogens is 1. The number of rotatable bonds is 6. The Morgan fingerprint density at radius 1 is 1.42 bits per heavy atom. The summed E-state index contributed by atoms with van der Waals surface area (Å²) in [4.78, 5) is 27.9. The lowest BCUT2D eigenvalue weighted by atomic mass is 10.2. The molecule has 1 aromatic heterocycles. The van der Waals surface area contributed by atoms with Crippen molar-refractivity contribution in [2.45, 2.75) is 46.1 Å². The minimum absolute atomic E-state index is 0.403. The number of amides is 2. The molecule has 3 N–H and O–H groups in total. The number of carboxylic acids is 1. The van der Waals surface area contributed by atoms with Gasteiger partial charge in [-0.1, -0.05) is 20.3 Å². The molecule has 0 radical (unpaired) electrons. The van der Waals surface area contributed by atoms with Crippen LogP contribution >= 0.6 is 11.3 Å². The van der Waals surface area contributed by atoms with Crippen LogP contribution in [0.1, 0.15) is 37.3 Å². The van der Waals surface area contributed by atoms with E-state index in [0.29, 0.717) is 18.0 Å². The summed E-state index contributed by atoms with van der Waals surface area (Å²) < 4.78 is 0. The van der Waals surface area contributed by atoms with Crippen molar-refractivity contribution >= 4 is 28.5 Å². The van der Waals surface area contributed by atoms with E-state index >= 15 is 0 Å². The highest BCUT2D eigenvalue weighted by atomic mass is 32.1. The number of aliphatic carboxylic acids is 1. The zero-order valence-corrected chi connectivity index (χ0v) is 12.1. The van der Waals surface area contributed by atoms with E-state index in [1.807, 2.05) is 20.8 Å². The van der Waals surface area contributed by atoms with Crippen LogP contribution in [0.25, 0.3) is 0 Å². The Balaban J connectivity index is 2.60. The molecule has 1 aromatic rings. The fourth-order valence-electron chi connectivity index (χ4n) is 1.65. The average Bonchev–Trinajstić information content (AvgIpc) is 2.68. The van der Waals surface area contributed by atoms with Gasteiger partial charge in [0.25, 0.3) is 0 Å². The predicted molar refractivity (Wildman–Crippen MR) is 74.7 cm³/mol. The normalized spacial score (nSPS) is 11.9. The molecule has 1 atom stereocenters. The van der Waals surface area contributed by atoms with Crippen LogP contribution in [-0.2, 0) is 11.2 Å². The quantitative estimate of drug-likeness (QED) is 0.748. The maximum absolute atomic E-state index is 11.7. The summed E-state index contributed by atoms with van der Waals surface area (Å²) in [6.45, 7) is 5.80. The van der Waals surface area contributed by atoms with Gasteiger partial charge in [0.05, 0.1) is 5.69 Å². The average molecular weight is 285 g/mol. The Morgan fingerprint density at radius 3 is 2.58 bits per heavy atom. The summed E-state index contributed by atoms with van der Waals surface area (Å²) in [5.41, 5.74) is 0.948. The van der Waals surface area contributed by atoms with Crippen molar-refractivity contribution in [2.24, 2.45) is 0 Å². The minimum Gasteiger partial charge on any atom is -0.480 e. The van der Waals surface area contributed by atoms with Crippen LogP contribution in [0.5, 0.6) is 0 Å². The first-order valence-corrected chi connectivity index (χ1v) is 7.06. The number of anilines is 1.